The predicted octanol–water partition coefficient (Wildman–Crippen LogP) is 1.05. The van der Waals surface area contributed by atoms with Crippen molar-refractivity contribution < 1.29 is 19.7 Å². The number of nitrogens with one attached hydrogen (secondary N) is 1. The maximum Gasteiger partial charge on any atom is 0.327 e. The SMILES string of the molecule is CCNC(C)(COc1ccc(CCO)cc1)C(=O)O. The van der Waals surface area contributed by atoms with E-state index in [-0.39, 0.29) is 13.2 Å². The summed E-state index contributed by atoms with van der Waals surface area (Å²) in [5.41, 5.74) is -0.0825. The summed E-state index contributed by atoms with van der Waals surface area (Å²) in [4.78, 5) is 11.2. The molecule has 0 radical (unpaired) electrons. The molecule has 0 aromatic heterocycles. The predicted molar refractivity (Wildman–Crippen MR) is 72.4 cm³/mol. The van der Waals surface area contributed by atoms with Crippen LogP contribution in [0.3, 0.4) is 0 Å². The minimum atomic E-state index is -1.10. The van der Waals surface area contributed by atoms with E-state index >= 15 is 0 Å². The lowest BCUT2D eigenvalue weighted by Crippen LogP contribution is -2.53. The van der Waals surface area contributed by atoms with E-state index in [2.05, 4.69) is 5.32 Å². The highest BCUT2D eigenvalue weighted by Gasteiger charge is 2.33. The smallest absolute Gasteiger partial charge is 0.327 e. The van der Waals surface area contributed by atoms with Gasteiger partial charge in [0.25, 0.3) is 0 Å². The van der Waals surface area contributed by atoms with E-state index in [1.807, 2.05) is 19.1 Å². The van der Waals surface area contributed by atoms with Gasteiger partial charge in [-0.15, -0.1) is 0 Å². The Morgan fingerprint density at radius 1 is 1.37 bits per heavy atom. The van der Waals surface area contributed by atoms with Crippen LogP contribution in [-0.4, -0.2) is 41.5 Å². The van der Waals surface area contributed by atoms with Crippen molar-refractivity contribution in [3.05, 3.63) is 29.8 Å². The van der Waals surface area contributed by atoms with E-state index in [1.165, 1.54) is 0 Å². The Morgan fingerprint density at radius 2 is 2.00 bits per heavy atom. The van der Waals surface area contributed by atoms with Gasteiger partial charge in [0.1, 0.15) is 17.9 Å². The third kappa shape index (κ3) is 4.54. The number of aliphatic hydroxyl groups is 1. The van der Waals surface area contributed by atoms with Gasteiger partial charge < -0.3 is 14.9 Å². The van der Waals surface area contributed by atoms with E-state index < -0.39 is 11.5 Å². The van der Waals surface area contributed by atoms with E-state index in [0.29, 0.717) is 18.7 Å². The minimum absolute atomic E-state index is 0.0511. The summed E-state index contributed by atoms with van der Waals surface area (Å²) < 4.78 is 5.51. The first kappa shape index (κ1) is 15.5. The van der Waals surface area contributed by atoms with Gasteiger partial charge in [0.05, 0.1) is 0 Å². The lowest BCUT2D eigenvalue weighted by Gasteiger charge is -2.25. The third-order valence-electron chi connectivity index (χ3n) is 2.89. The molecule has 0 saturated heterocycles. The maximum atomic E-state index is 11.2. The quantitative estimate of drug-likeness (QED) is 0.656. The molecule has 0 bridgehead atoms. The van der Waals surface area contributed by atoms with Gasteiger partial charge in [0, 0.05) is 6.61 Å². The molecule has 0 saturated carbocycles. The third-order valence-corrected chi connectivity index (χ3v) is 2.89. The van der Waals surface area contributed by atoms with Crippen LogP contribution in [0.2, 0.25) is 0 Å². The second-order valence-electron chi connectivity index (χ2n) is 4.57. The van der Waals surface area contributed by atoms with Crippen molar-refractivity contribution in [2.24, 2.45) is 0 Å². The monoisotopic (exact) mass is 267 g/mol. The number of carboxylic acid groups (broad SMARTS) is 1. The zero-order chi connectivity index (χ0) is 14.3. The Labute approximate surface area is 113 Å². The Morgan fingerprint density at radius 3 is 2.47 bits per heavy atom. The van der Waals surface area contributed by atoms with Gasteiger partial charge in [-0.2, -0.15) is 0 Å². The van der Waals surface area contributed by atoms with Crippen molar-refractivity contribution in [2.45, 2.75) is 25.8 Å². The molecule has 0 heterocycles. The molecule has 0 fully saturated rings. The summed E-state index contributed by atoms with van der Waals surface area (Å²) in [7, 11) is 0. The fourth-order valence-corrected chi connectivity index (χ4v) is 1.69. The average molecular weight is 267 g/mol. The van der Waals surface area contributed by atoms with Gasteiger partial charge in [0.2, 0.25) is 0 Å². The van der Waals surface area contributed by atoms with Crippen molar-refractivity contribution in [1.82, 2.24) is 5.32 Å². The van der Waals surface area contributed by atoms with E-state index in [9.17, 15) is 9.90 Å². The van der Waals surface area contributed by atoms with Crippen LogP contribution in [0.25, 0.3) is 0 Å². The van der Waals surface area contributed by atoms with Crippen molar-refractivity contribution in [3.8, 4) is 5.75 Å². The number of benzene rings is 1. The molecule has 1 aromatic rings. The van der Waals surface area contributed by atoms with Gasteiger partial charge in [-0.3, -0.25) is 10.1 Å². The number of ether oxygens (including phenoxy) is 1. The highest BCUT2D eigenvalue weighted by Crippen LogP contribution is 2.15. The zero-order valence-electron chi connectivity index (χ0n) is 11.3. The summed E-state index contributed by atoms with van der Waals surface area (Å²) in [6.45, 7) is 4.17. The molecule has 0 aliphatic rings. The van der Waals surface area contributed by atoms with E-state index in [0.717, 1.165) is 5.56 Å². The largest absolute Gasteiger partial charge is 0.491 e. The van der Waals surface area contributed by atoms with Gasteiger partial charge in [0.15, 0.2) is 0 Å². The Balaban J connectivity index is 2.61. The molecule has 106 valence electrons. The summed E-state index contributed by atoms with van der Waals surface area (Å²) >= 11 is 0. The number of carboxylic acids is 1. The second-order valence-corrected chi connectivity index (χ2v) is 4.57. The molecule has 1 atom stereocenters. The normalized spacial score (nSPS) is 13.8. The fourth-order valence-electron chi connectivity index (χ4n) is 1.69. The standard InChI is InChI=1S/C14H21NO4/c1-3-15-14(2,13(17)18)10-19-12-6-4-11(5-7-12)8-9-16/h4-7,15-16H,3,8-10H2,1-2H3,(H,17,18). The lowest BCUT2D eigenvalue weighted by molar-refractivity contribution is -0.145. The van der Waals surface area contributed by atoms with Crippen LogP contribution >= 0.6 is 0 Å². The van der Waals surface area contributed by atoms with Gasteiger partial charge in [-0.1, -0.05) is 19.1 Å². The molecular weight excluding hydrogens is 246 g/mol. The summed E-state index contributed by atoms with van der Waals surface area (Å²) in [6, 6.07) is 7.27. The summed E-state index contributed by atoms with van der Waals surface area (Å²) in [5.74, 6) is -0.321. The topological polar surface area (TPSA) is 78.8 Å². The van der Waals surface area contributed by atoms with Crippen molar-refractivity contribution >= 4 is 5.97 Å². The van der Waals surface area contributed by atoms with E-state index in [4.69, 9.17) is 9.84 Å². The van der Waals surface area contributed by atoms with Crippen molar-refractivity contribution in [2.75, 3.05) is 19.8 Å². The van der Waals surface area contributed by atoms with Crippen molar-refractivity contribution in [1.29, 1.82) is 0 Å². The van der Waals surface area contributed by atoms with Crippen LogP contribution in [0, 0.1) is 0 Å². The molecule has 0 amide bonds. The molecule has 0 aliphatic carbocycles. The minimum Gasteiger partial charge on any atom is -0.491 e. The van der Waals surface area contributed by atoms with Crippen LogP contribution in [-0.2, 0) is 11.2 Å². The molecule has 19 heavy (non-hydrogen) atoms. The molecule has 5 heteroatoms. The van der Waals surface area contributed by atoms with Gasteiger partial charge in [-0.05, 0) is 37.6 Å². The number of carbonyl (C=O) groups is 1. The molecule has 5 nitrogen and oxygen atoms in total. The van der Waals surface area contributed by atoms with Crippen molar-refractivity contribution in [3.63, 3.8) is 0 Å². The summed E-state index contributed by atoms with van der Waals surface area (Å²) in [6.07, 6.45) is 0.602. The number of likely N-dealkylation sites (N-methyl/N-ethyl adjacent to an activating group) is 1. The first-order valence-corrected chi connectivity index (χ1v) is 6.33. The number of aliphatic hydroxyl groups excluding tert-OH is 1. The Bertz CT molecular complexity index is 404. The first-order chi connectivity index (χ1) is 9.01. The van der Waals surface area contributed by atoms with Gasteiger partial charge >= 0.3 is 5.97 Å². The average Bonchev–Trinajstić information content (AvgIpc) is 2.38. The summed E-state index contributed by atoms with van der Waals surface area (Å²) in [5, 5.41) is 20.9. The highest BCUT2D eigenvalue weighted by atomic mass is 16.5. The van der Waals surface area contributed by atoms with Crippen LogP contribution in [0.15, 0.2) is 24.3 Å². The maximum absolute atomic E-state index is 11.2. The number of hydrogen-bond acceptors (Lipinski definition) is 4. The zero-order valence-corrected chi connectivity index (χ0v) is 11.3. The molecule has 1 aromatic carbocycles. The molecule has 3 N–H and O–H groups in total. The fraction of sp³-hybridized carbons (Fsp3) is 0.500. The molecular formula is C14H21NO4. The molecule has 1 unspecified atom stereocenters. The van der Waals surface area contributed by atoms with Gasteiger partial charge in [-0.25, -0.2) is 0 Å². The van der Waals surface area contributed by atoms with Crippen LogP contribution < -0.4 is 10.1 Å². The van der Waals surface area contributed by atoms with Crippen LogP contribution in [0.4, 0.5) is 0 Å². The number of hydrogen-bond donors (Lipinski definition) is 3. The number of rotatable bonds is 8. The molecule has 1 rings (SSSR count). The van der Waals surface area contributed by atoms with Crippen LogP contribution in [0.1, 0.15) is 19.4 Å². The second kappa shape index (κ2) is 7.11. The van der Waals surface area contributed by atoms with Crippen LogP contribution in [0.5, 0.6) is 5.75 Å². The molecule has 0 aliphatic heterocycles. The number of aliphatic carboxylic acids is 1. The lowest BCUT2D eigenvalue weighted by atomic mass is 10.0. The Hall–Kier alpha value is -1.59. The molecule has 0 spiro atoms. The highest BCUT2D eigenvalue weighted by molar-refractivity contribution is 5.78. The van der Waals surface area contributed by atoms with E-state index in [1.54, 1.807) is 19.1 Å². The first-order valence-electron chi connectivity index (χ1n) is 6.33. The Kier molecular flexibility index (Phi) is 5.79.